The van der Waals surface area contributed by atoms with Gasteiger partial charge in [-0.2, -0.15) is 0 Å². The number of aryl methyl sites for hydroxylation is 1. The number of carbonyl (C=O) groups excluding carboxylic acids is 2. The van der Waals surface area contributed by atoms with Gasteiger partial charge in [-0.05, 0) is 19.1 Å². The molecule has 0 aliphatic heterocycles. The van der Waals surface area contributed by atoms with Crippen LogP contribution < -0.4 is 9.46 Å². The predicted octanol–water partition coefficient (Wildman–Crippen LogP) is 1.34. The molecule has 0 bridgehead atoms. The van der Waals surface area contributed by atoms with Crippen LogP contribution in [0.3, 0.4) is 0 Å². The lowest BCUT2D eigenvalue weighted by atomic mass is 10.2. The summed E-state index contributed by atoms with van der Waals surface area (Å²) in [7, 11) is -3.94. The SMILES string of the molecule is CC(=O)OCCOc1ncnc(NS(=O)(=O)c2ccc(C)cc2)c1C=O. The normalized spacial score (nSPS) is 10.8. The molecule has 1 aromatic heterocycles. The summed E-state index contributed by atoms with van der Waals surface area (Å²) in [5.41, 5.74) is 0.744. The minimum atomic E-state index is -3.94. The van der Waals surface area contributed by atoms with Crippen LogP contribution in [0.2, 0.25) is 0 Å². The quantitative estimate of drug-likeness (QED) is 0.414. The Morgan fingerprint density at radius 1 is 1.19 bits per heavy atom. The Labute approximate surface area is 150 Å². The molecule has 0 amide bonds. The Morgan fingerprint density at radius 3 is 2.50 bits per heavy atom. The Bertz CT molecular complexity index is 897. The zero-order valence-corrected chi connectivity index (χ0v) is 14.9. The van der Waals surface area contributed by atoms with Crippen LogP contribution >= 0.6 is 0 Å². The Kier molecular flexibility index (Phi) is 6.23. The van der Waals surface area contributed by atoms with Gasteiger partial charge in [0.05, 0.1) is 4.90 Å². The first-order valence-electron chi connectivity index (χ1n) is 7.49. The monoisotopic (exact) mass is 379 g/mol. The van der Waals surface area contributed by atoms with Crippen molar-refractivity contribution in [2.24, 2.45) is 0 Å². The number of esters is 1. The van der Waals surface area contributed by atoms with Crippen LogP contribution in [-0.2, 0) is 19.6 Å². The van der Waals surface area contributed by atoms with Crippen molar-refractivity contribution in [2.45, 2.75) is 18.7 Å². The highest BCUT2D eigenvalue weighted by Gasteiger charge is 2.20. The zero-order valence-electron chi connectivity index (χ0n) is 14.1. The van der Waals surface area contributed by atoms with Crippen LogP contribution in [0.15, 0.2) is 35.5 Å². The third kappa shape index (κ3) is 4.99. The van der Waals surface area contributed by atoms with E-state index in [2.05, 4.69) is 14.7 Å². The number of rotatable bonds is 8. The fraction of sp³-hybridized carbons (Fsp3) is 0.250. The van der Waals surface area contributed by atoms with Crippen molar-refractivity contribution in [2.75, 3.05) is 17.9 Å². The Balaban J connectivity index is 2.21. The van der Waals surface area contributed by atoms with Crippen LogP contribution in [0.25, 0.3) is 0 Å². The molecule has 0 spiro atoms. The molecule has 0 atom stereocenters. The van der Waals surface area contributed by atoms with Gasteiger partial charge in [0.25, 0.3) is 10.0 Å². The number of nitrogens with zero attached hydrogens (tertiary/aromatic N) is 2. The van der Waals surface area contributed by atoms with Gasteiger partial charge in [-0.25, -0.2) is 18.4 Å². The summed E-state index contributed by atoms with van der Waals surface area (Å²) in [6.45, 7) is 2.99. The van der Waals surface area contributed by atoms with E-state index in [0.717, 1.165) is 11.9 Å². The summed E-state index contributed by atoms with van der Waals surface area (Å²) in [6.07, 6.45) is 1.44. The van der Waals surface area contributed by atoms with Gasteiger partial charge in [-0.3, -0.25) is 14.3 Å². The molecule has 0 radical (unpaired) electrons. The van der Waals surface area contributed by atoms with Crippen molar-refractivity contribution < 1.29 is 27.5 Å². The van der Waals surface area contributed by atoms with E-state index in [1.54, 1.807) is 12.1 Å². The topological polar surface area (TPSA) is 125 Å². The zero-order chi connectivity index (χ0) is 19.2. The minimum absolute atomic E-state index is 0.0240. The molecule has 26 heavy (non-hydrogen) atoms. The minimum Gasteiger partial charge on any atom is -0.473 e. The number of hydrogen-bond acceptors (Lipinski definition) is 8. The van der Waals surface area contributed by atoms with Crippen molar-refractivity contribution in [1.82, 2.24) is 9.97 Å². The molecular weight excluding hydrogens is 362 g/mol. The second-order valence-electron chi connectivity index (χ2n) is 5.17. The van der Waals surface area contributed by atoms with Gasteiger partial charge in [-0.15, -0.1) is 0 Å². The lowest BCUT2D eigenvalue weighted by Crippen LogP contribution is -2.17. The molecule has 9 nitrogen and oxygen atoms in total. The molecule has 10 heteroatoms. The molecule has 2 rings (SSSR count). The molecule has 0 saturated carbocycles. The van der Waals surface area contributed by atoms with Crippen molar-refractivity contribution in [1.29, 1.82) is 0 Å². The predicted molar refractivity (Wildman–Crippen MR) is 91.5 cm³/mol. The molecule has 0 unspecified atom stereocenters. The average molecular weight is 379 g/mol. The van der Waals surface area contributed by atoms with Crippen molar-refractivity contribution in [3.05, 3.63) is 41.7 Å². The van der Waals surface area contributed by atoms with Crippen molar-refractivity contribution in [3.8, 4) is 5.88 Å². The Morgan fingerprint density at radius 2 is 1.88 bits per heavy atom. The lowest BCUT2D eigenvalue weighted by molar-refractivity contribution is -0.141. The highest BCUT2D eigenvalue weighted by Crippen LogP contribution is 2.22. The van der Waals surface area contributed by atoms with Crippen molar-refractivity contribution in [3.63, 3.8) is 0 Å². The summed E-state index contributed by atoms with van der Waals surface area (Å²) >= 11 is 0. The molecule has 0 aliphatic carbocycles. The highest BCUT2D eigenvalue weighted by molar-refractivity contribution is 7.92. The van der Waals surface area contributed by atoms with Gasteiger partial charge in [0, 0.05) is 6.92 Å². The molecule has 1 N–H and O–H groups in total. The molecule has 138 valence electrons. The van der Waals surface area contributed by atoms with Crippen LogP contribution in [0, 0.1) is 6.92 Å². The number of aromatic nitrogens is 2. The largest absolute Gasteiger partial charge is 0.473 e. The third-order valence-electron chi connectivity index (χ3n) is 3.15. The second-order valence-corrected chi connectivity index (χ2v) is 6.85. The summed E-state index contributed by atoms with van der Waals surface area (Å²) in [5, 5.41) is 0. The highest BCUT2D eigenvalue weighted by atomic mass is 32.2. The molecule has 0 fully saturated rings. The molecule has 0 aliphatic rings. The number of nitrogens with one attached hydrogen (secondary N) is 1. The Hall–Kier alpha value is -3.01. The van der Waals surface area contributed by atoms with E-state index in [4.69, 9.17) is 9.47 Å². The van der Waals surface area contributed by atoms with E-state index in [-0.39, 0.29) is 35.4 Å². The first-order chi connectivity index (χ1) is 12.3. The van der Waals surface area contributed by atoms with E-state index in [1.807, 2.05) is 6.92 Å². The maximum Gasteiger partial charge on any atom is 0.302 e. The number of anilines is 1. The average Bonchev–Trinajstić information content (AvgIpc) is 2.59. The van der Waals surface area contributed by atoms with E-state index >= 15 is 0 Å². The van der Waals surface area contributed by atoms with Gasteiger partial charge < -0.3 is 9.47 Å². The number of benzene rings is 1. The number of ether oxygens (including phenoxy) is 2. The maximum atomic E-state index is 12.4. The van der Waals surface area contributed by atoms with E-state index in [0.29, 0.717) is 6.29 Å². The third-order valence-corrected chi connectivity index (χ3v) is 4.51. The number of aldehydes is 1. The molecule has 0 saturated heterocycles. The van der Waals surface area contributed by atoms with Gasteiger partial charge >= 0.3 is 5.97 Å². The molecule has 1 heterocycles. The summed E-state index contributed by atoms with van der Waals surface area (Å²) in [4.78, 5) is 29.7. The summed E-state index contributed by atoms with van der Waals surface area (Å²) in [5.74, 6) is -0.805. The van der Waals surface area contributed by atoms with E-state index in [9.17, 15) is 18.0 Å². The van der Waals surface area contributed by atoms with Gasteiger partial charge in [-0.1, -0.05) is 17.7 Å². The first kappa shape index (κ1) is 19.3. The lowest BCUT2D eigenvalue weighted by Gasteiger charge is -2.12. The molecule has 2 aromatic rings. The number of sulfonamides is 1. The maximum absolute atomic E-state index is 12.4. The van der Waals surface area contributed by atoms with Crippen molar-refractivity contribution >= 4 is 28.1 Å². The standard InChI is InChI=1S/C16H17N3O6S/c1-11-3-5-13(6-4-11)26(22,23)19-15-14(9-20)16(18-10-17-15)25-8-7-24-12(2)21/h3-6,9-10H,7-8H2,1-2H3,(H,17,18,19). The summed E-state index contributed by atoms with van der Waals surface area (Å²) < 4.78 is 37.1. The summed E-state index contributed by atoms with van der Waals surface area (Å²) in [6, 6.07) is 6.18. The van der Waals surface area contributed by atoms with Gasteiger partial charge in [0.15, 0.2) is 12.1 Å². The first-order valence-corrected chi connectivity index (χ1v) is 8.97. The smallest absolute Gasteiger partial charge is 0.302 e. The molecular formula is C16H17N3O6S. The fourth-order valence-electron chi connectivity index (χ4n) is 1.91. The van der Waals surface area contributed by atoms with Crippen LogP contribution in [0.1, 0.15) is 22.8 Å². The van der Waals surface area contributed by atoms with Crippen LogP contribution in [0.4, 0.5) is 5.82 Å². The molecule has 1 aromatic carbocycles. The number of carbonyl (C=O) groups is 2. The van der Waals surface area contributed by atoms with Gasteiger partial charge in [0.2, 0.25) is 5.88 Å². The fourth-order valence-corrected chi connectivity index (χ4v) is 2.94. The number of hydrogen-bond donors (Lipinski definition) is 1. The van der Waals surface area contributed by atoms with E-state index < -0.39 is 16.0 Å². The van der Waals surface area contributed by atoms with Crippen LogP contribution in [-0.4, -0.2) is 43.9 Å². The van der Waals surface area contributed by atoms with E-state index in [1.165, 1.54) is 19.1 Å². The van der Waals surface area contributed by atoms with Gasteiger partial charge in [0.1, 0.15) is 25.1 Å². The second kappa shape index (κ2) is 8.39. The van der Waals surface area contributed by atoms with Crippen LogP contribution in [0.5, 0.6) is 5.88 Å².